The lowest BCUT2D eigenvalue weighted by atomic mass is 10.3. The molecule has 0 bridgehead atoms. The number of hydrogen-bond donors (Lipinski definition) is 1. The Labute approximate surface area is 125 Å². The Hall–Kier alpha value is -1.33. The topological polar surface area (TPSA) is 42.0 Å². The van der Waals surface area contributed by atoms with Crippen LogP contribution in [-0.2, 0) is 4.79 Å². The highest BCUT2D eigenvalue weighted by Crippen LogP contribution is 2.22. The first-order valence-electron chi connectivity index (χ1n) is 5.75. The summed E-state index contributed by atoms with van der Waals surface area (Å²) in [6.45, 7) is 1.98. The van der Waals surface area contributed by atoms with Gasteiger partial charge in [-0.3, -0.25) is 4.79 Å². The number of halogens is 1. The molecule has 0 saturated heterocycles. The lowest BCUT2D eigenvalue weighted by Crippen LogP contribution is -2.14. The number of thioether (sulfide) groups is 1. The zero-order valence-corrected chi connectivity index (χ0v) is 12.8. The van der Waals surface area contributed by atoms with E-state index < -0.39 is 0 Å². The number of nitrogens with one attached hydrogen (secondary N) is 1. The zero-order chi connectivity index (χ0) is 13.7. The maximum absolute atomic E-state index is 11.8. The minimum atomic E-state index is -0.0275. The van der Waals surface area contributed by atoms with Gasteiger partial charge in [-0.15, -0.1) is 0 Å². The molecule has 5 heteroatoms. The summed E-state index contributed by atoms with van der Waals surface area (Å²) in [7, 11) is 0. The average molecular weight is 337 g/mol. The van der Waals surface area contributed by atoms with Gasteiger partial charge in [0.25, 0.3) is 0 Å². The molecule has 0 atom stereocenters. The van der Waals surface area contributed by atoms with Gasteiger partial charge in [-0.2, -0.15) is 0 Å². The minimum Gasteiger partial charge on any atom is -0.325 e. The van der Waals surface area contributed by atoms with Crippen LogP contribution in [0.15, 0.2) is 52.1 Å². The summed E-state index contributed by atoms with van der Waals surface area (Å²) < 4.78 is 0.947. The van der Waals surface area contributed by atoms with E-state index in [1.54, 1.807) is 6.20 Å². The van der Waals surface area contributed by atoms with Gasteiger partial charge in [-0.05, 0) is 46.6 Å². The highest BCUT2D eigenvalue weighted by molar-refractivity contribution is 9.10. The second-order valence-corrected chi connectivity index (χ2v) is 5.86. The van der Waals surface area contributed by atoms with Gasteiger partial charge in [-0.25, -0.2) is 4.98 Å². The predicted octanol–water partition coefficient (Wildman–Crippen LogP) is 3.88. The number of aryl methyl sites for hydroxylation is 1. The highest BCUT2D eigenvalue weighted by Gasteiger charge is 2.06. The average Bonchev–Trinajstić information content (AvgIpc) is 2.39. The van der Waals surface area contributed by atoms with Gasteiger partial charge in [0, 0.05) is 16.4 Å². The Morgan fingerprint density at radius 3 is 2.79 bits per heavy atom. The normalized spacial score (nSPS) is 10.2. The van der Waals surface area contributed by atoms with Crippen molar-refractivity contribution in [3.8, 4) is 0 Å². The van der Waals surface area contributed by atoms with E-state index in [1.807, 2.05) is 43.3 Å². The minimum absolute atomic E-state index is 0.0275. The van der Waals surface area contributed by atoms with Gasteiger partial charge in [0.1, 0.15) is 0 Å². The number of rotatable bonds is 4. The number of amides is 1. The number of carbonyl (C=O) groups excluding carboxylic acids is 1. The number of benzene rings is 1. The summed E-state index contributed by atoms with van der Waals surface area (Å²) in [6.07, 6.45) is 1.74. The van der Waals surface area contributed by atoms with Gasteiger partial charge in [0.05, 0.1) is 10.8 Å². The van der Waals surface area contributed by atoms with E-state index in [4.69, 9.17) is 0 Å². The molecule has 1 heterocycles. The van der Waals surface area contributed by atoms with Crippen molar-refractivity contribution in [1.29, 1.82) is 0 Å². The van der Waals surface area contributed by atoms with Crippen molar-refractivity contribution in [3.63, 3.8) is 0 Å². The maximum atomic E-state index is 11.8. The molecule has 0 aliphatic carbocycles. The third-order valence-corrected chi connectivity index (χ3v) is 3.94. The summed E-state index contributed by atoms with van der Waals surface area (Å²) >= 11 is 4.81. The number of nitrogens with zero attached hydrogens (tertiary/aromatic N) is 1. The molecule has 0 aliphatic heterocycles. The van der Waals surface area contributed by atoms with Crippen LogP contribution in [0.2, 0.25) is 0 Å². The molecule has 1 N–H and O–H groups in total. The Bertz CT molecular complexity index is 575. The second kappa shape index (κ2) is 6.73. The van der Waals surface area contributed by atoms with Crippen molar-refractivity contribution in [3.05, 3.63) is 52.6 Å². The molecule has 2 rings (SSSR count). The number of para-hydroxylation sites is 1. The fourth-order valence-corrected chi connectivity index (χ4v) is 2.73. The third-order valence-electron chi connectivity index (χ3n) is 2.39. The fraction of sp³-hybridized carbons (Fsp3) is 0.143. The molecular weight excluding hydrogens is 324 g/mol. The van der Waals surface area contributed by atoms with Crippen molar-refractivity contribution < 1.29 is 4.79 Å². The summed E-state index contributed by atoms with van der Waals surface area (Å²) in [4.78, 5) is 16.1. The van der Waals surface area contributed by atoms with Crippen LogP contribution < -0.4 is 5.32 Å². The first-order valence-corrected chi connectivity index (χ1v) is 7.53. The fourth-order valence-electron chi connectivity index (χ4n) is 1.53. The molecule has 0 radical (unpaired) electrons. The number of anilines is 1. The Morgan fingerprint density at radius 1 is 1.37 bits per heavy atom. The molecule has 2 aromatic rings. The van der Waals surface area contributed by atoms with E-state index in [2.05, 4.69) is 26.2 Å². The van der Waals surface area contributed by atoms with Crippen LogP contribution in [0.25, 0.3) is 0 Å². The predicted molar refractivity (Wildman–Crippen MR) is 82.5 cm³/mol. The van der Waals surface area contributed by atoms with Crippen molar-refractivity contribution in [1.82, 2.24) is 4.98 Å². The van der Waals surface area contributed by atoms with Gasteiger partial charge >= 0.3 is 0 Å². The number of aromatic nitrogens is 1. The summed E-state index contributed by atoms with van der Waals surface area (Å²) in [5, 5.41) is 3.73. The summed E-state index contributed by atoms with van der Waals surface area (Å²) in [6, 6.07) is 11.4. The lowest BCUT2D eigenvalue weighted by Gasteiger charge is -2.06. The molecule has 0 spiro atoms. The van der Waals surface area contributed by atoms with E-state index in [0.717, 1.165) is 20.7 Å². The Morgan fingerprint density at radius 2 is 2.11 bits per heavy atom. The monoisotopic (exact) mass is 336 g/mol. The second-order valence-electron chi connectivity index (χ2n) is 3.98. The molecule has 0 saturated carbocycles. The van der Waals surface area contributed by atoms with Gasteiger partial charge in [0.2, 0.25) is 5.91 Å². The molecule has 1 aromatic carbocycles. The summed E-state index contributed by atoms with van der Waals surface area (Å²) in [5.74, 6) is 0.324. The van der Waals surface area contributed by atoms with Crippen LogP contribution in [0, 0.1) is 6.92 Å². The number of carbonyl (C=O) groups is 1. The molecular formula is C14H13BrN2OS. The number of pyridine rings is 1. The van der Waals surface area contributed by atoms with Crippen LogP contribution in [0.3, 0.4) is 0 Å². The zero-order valence-electron chi connectivity index (χ0n) is 10.4. The van der Waals surface area contributed by atoms with Gasteiger partial charge < -0.3 is 5.32 Å². The standard InChI is InChI=1S/C14H13BrN2OS/c1-10-7-11(15)8-16-14(10)19-9-13(18)17-12-5-3-2-4-6-12/h2-8H,9H2,1H3,(H,17,18). The van der Waals surface area contributed by atoms with E-state index in [-0.39, 0.29) is 5.91 Å². The first-order chi connectivity index (χ1) is 9.15. The molecule has 3 nitrogen and oxygen atoms in total. The van der Waals surface area contributed by atoms with E-state index in [9.17, 15) is 4.79 Å². The van der Waals surface area contributed by atoms with Gasteiger partial charge in [0.15, 0.2) is 0 Å². The molecule has 1 aromatic heterocycles. The van der Waals surface area contributed by atoms with Crippen LogP contribution in [0.4, 0.5) is 5.69 Å². The molecule has 1 amide bonds. The molecule has 0 aliphatic rings. The quantitative estimate of drug-likeness (QED) is 0.861. The van der Waals surface area contributed by atoms with Crippen molar-refractivity contribution in [2.45, 2.75) is 11.9 Å². The largest absolute Gasteiger partial charge is 0.325 e. The molecule has 19 heavy (non-hydrogen) atoms. The summed E-state index contributed by atoms with van der Waals surface area (Å²) in [5.41, 5.74) is 1.88. The van der Waals surface area contributed by atoms with Crippen LogP contribution in [0.1, 0.15) is 5.56 Å². The van der Waals surface area contributed by atoms with Crippen LogP contribution >= 0.6 is 27.7 Å². The molecule has 0 unspecified atom stereocenters. The van der Waals surface area contributed by atoms with Crippen molar-refractivity contribution >= 4 is 39.3 Å². The Kier molecular flexibility index (Phi) is 4.99. The molecule has 98 valence electrons. The van der Waals surface area contributed by atoms with Crippen LogP contribution in [-0.4, -0.2) is 16.6 Å². The SMILES string of the molecule is Cc1cc(Br)cnc1SCC(=O)Nc1ccccc1. The van der Waals surface area contributed by atoms with E-state index in [1.165, 1.54) is 11.8 Å². The number of hydrogen-bond acceptors (Lipinski definition) is 3. The van der Waals surface area contributed by atoms with Crippen molar-refractivity contribution in [2.24, 2.45) is 0 Å². The maximum Gasteiger partial charge on any atom is 0.234 e. The molecule has 0 fully saturated rings. The Balaban J connectivity index is 1.90. The highest BCUT2D eigenvalue weighted by atomic mass is 79.9. The third kappa shape index (κ3) is 4.36. The first kappa shape index (κ1) is 14.1. The van der Waals surface area contributed by atoms with E-state index in [0.29, 0.717) is 5.75 Å². The lowest BCUT2D eigenvalue weighted by molar-refractivity contribution is -0.113. The van der Waals surface area contributed by atoms with Crippen molar-refractivity contribution in [2.75, 3.05) is 11.1 Å². The smallest absolute Gasteiger partial charge is 0.234 e. The van der Waals surface area contributed by atoms with Crippen LogP contribution in [0.5, 0.6) is 0 Å². The van der Waals surface area contributed by atoms with E-state index >= 15 is 0 Å². The van der Waals surface area contributed by atoms with Gasteiger partial charge in [-0.1, -0.05) is 30.0 Å².